The van der Waals surface area contributed by atoms with Crippen LogP contribution in [0.15, 0.2) is 0 Å². The van der Waals surface area contributed by atoms with Gasteiger partial charge in [0.2, 0.25) is 5.91 Å². The molecule has 23 heavy (non-hydrogen) atoms. The van der Waals surface area contributed by atoms with Crippen molar-refractivity contribution in [1.29, 1.82) is 0 Å². The summed E-state index contributed by atoms with van der Waals surface area (Å²) in [4.78, 5) is 20.6. The van der Waals surface area contributed by atoms with E-state index in [9.17, 15) is 14.3 Å². The van der Waals surface area contributed by atoms with Gasteiger partial charge in [-0.25, -0.2) is 4.57 Å². The molecule has 1 amide bonds. The van der Waals surface area contributed by atoms with Gasteiger partial charge in [-0.05, 0) is 6.54 Å². The summed E-state index contributed by atoms with van der Waals surface area (Å²) in [6.45, 7) is 0.508. The van der Waals surface area contributed by atoms with Crippen molar-refractivity contribution in [3.8, 4) is 0 Å². The summed E-state index contributed by atoms with van der Waals surface area (Å²) in [6.07, 6.45) is -0.197. The first-order valence-corrected chi connectivity index (χ1v) is 7.85. The standard InChI is InChI=1S/C11H24N2O7P.CH3.Y/c1-12-5-4-11(14)13-6-7-19-21(15,16)20-9-10(18-3)8-17-2;;/h10,12H,1,4-9H2,2-3H3,(H,13,14)(H,15,16);1H3;/q2*-1;. The number of hydrogen-bond acceptors (Lipinski definition) is 7. The fourth-order valence-electron chi connectivity index (χ4n) is 1.23. The van der Waals surface area contributed by atoms with Gasteiger partial charge in [-0.2, -0.15) is 0 Å². The van der Waals surface area contributed by atoms with Crippen LogP contribution >= 0.6 is 7.82 Å². The van der Waals surface area contributed by atoms with Crippen LogP contribution in [-0.4, -0.2) is 64.0 Å². The molecule has 1 radical (unpaired) electrons. The molecule has 0 aromatic carbocycles. The third kappa shape index (κ3) is 17.2. The average Bonchev–Trinajstić information content (AvgIpc) is 2.45. The topological polar surface area (TPSA) is 115 Å². The second kappa shape index (κ2) is 17.4. The van der Waals surface area contributed by atoms with Crippen molar-refractivity contribution in [1.82, 2.24) is 10.6 Å². The van der Waals surface area contributed by atoms with E-state index in [-0.39, 0.29) is 78.8 Å². The summed E-state index contributed by atoms with van der Waals surface area (Å²) >= 11 is 0. The zero-order valence-electron chi connectivity index (χ0n) is 13.9. The molecule has 0 spiro atoms. The normalized spacial score (nSPS) is 14.1. The van der Waals surface area contributed by atoms with Gasteiger partial charge in [0.15, 0.2) is 0 Å². The van der Waals surface area contributed by atoms with Crippen LogP contribution < -0.4 is 10.6 Å². The fraction of sp³-hybridized carbons (Fsp3) is 0.750. The largest absolute Gasteiger partial charge is 0.472 e. The molecule has 2 unspecified atom stereocenters. The summed E-state index contributed by atoms with van der Waals surface area (Å²) < 4.78 is 30.8. The predicted octanol–water partition coefficient (Wildman–Crippen LogP) is 0.117. The number of carbonyl (C=O) groups is 1. The Morgan fingerprint density at radius 3 is 2.43 bits per heavy atom. The van der Waals surface area contributed by atoms with Crippen LogP contribution in [0.1, 0.15) is 6.42 Å². The monoisotopic (exact) mass is 431 g/mol. The number of ether oxygens (including phenoxy) is 2. The number of methoxy groups -OCH3 is 2. The van der Waals surface area contributed by atoms with Crippen LogP contribution in [0.2, 0.25) is 0 Å². The van der Waals surface area contributed by atoms with E-state index in [1.54, 1.807) is 0 Å². The predicted molar refractivity (Wildman–Crippen MR) is 81.8 cm³/mol. The minimum absolute atomic E-state index is 0. The Morgan fingerprint density at radius 1 is 1.26 bits per heavy atom. The van der Waals surface area contributed by atoms with Gasteiger partial charge in [-0.15, -0.1) is 0 Å². The number of phosphoric ester groups is 1. The Kier molecular flexibility index (Phi) is 21.4. The molecule has 11 heteroatoms. The third-order valence-electron chi connectivity index (χ3n) is 2.32. The third-order valence-corrected chi connectivity index (χ3v) is 3.30. The summed E-state index contributed by atoms with van der Waals surface area (Å²) in [6, 6.07) is 0. The van der Waals surface area contributed by atoms with E-state index < -0.39 is 13.9 Å². The molecule has 9 nitrogen and oxygen atoms in total. The number of carbonyl (C=O) groups excluding carboxylic acids is 1. The molecule has 0 heterocycles. The van der Waals surface area contributed by atoms with E-state index in [0.717, 1.165) is 0 Å². The molecule has 0 saturated heterocycles. The maximum atomic E-state index is 11.5. The maximum absolute atomic E-state index is 11.5. The number of nitrogens with one attached hydrogen (secondary N) is 2. The molecule has 0 saturated carbocycles. The minimum atomic E-state index is -4.17. The molecule has 137 valence electrons. The molecule has 0 aliphatic rings. The molecule has 0 aromatic heterocycles. The van der Waals surface area contributed by atoms with E-state index in [1.165, 1.54) is 14.2 Å². The molecule has 0 bridgehead atoms. The molecule has 2 atom stereocenters. The average molecular weight is 431 g/mol. The summed E-state index contributed by atoms with van der Waals surface area (Å²) in [5, 5.41) is 5.11. The van der Waals surface area contributed by atoms with Gasteiger partial charge in [0.25, 0.3) is 0 Å². The van der Waals surface area contributed by atoms with Gasteiger partial charge in [-0.3, -0.25) is 20.9 Å². The van der Waals surface area contributed by atoms with Crippen molar-refractivity contribution in [2.75, 3.05) is 47.1 Å². The second-order valence-corrected chi connectivity index (χ2v) is 5.46. The minimum Gasteiger partial charge on any atom is -0.472 e. The Labute approximate surface area is 163 Å². The summed E-state index contributed by atoms with van der Waals surface area (Å²) in [7, 11) is 2.12. The smallest absolute Gasteiger partial charge is 0.472 e. The van der Waals surface area contributed by atoms with Crippen molar-refractivity contribution in [2.45, 2.75) is 12.5 Å². The molecule has 3 N–H and O–H groups in total. The van der Waals surface area contributed by atoms with Crippen LogP contribution in [0, 0.1) is 14.5 Å². The van der Waals surface area contributed by atoms with Crippen LogP contribution in [0.25, 0.3) is 0 Å². The Hall–Kier alpha value is 0.564. The fourth-order valence-corrected chi connectivity index (χ4v) is 1.98. The molecular formula is C12H27N2O7PY-2. The van der Waals surface area contributed by atoms with E-state index >= 15 is 0 Å². The molecular weight excluding hydrogens is 404 g/mol. The Morgan fingerprint density at radius 2 is 1.91 bits per heavy atom. The summed E-state index contributed by atoms with van der Waals surface area (Å²) in [5.41, 5.74) is 0. The van der Waals surface area contributed by atoms with Crippen molar-refractivity contribution in [3.05, 3.63) is 14.5 Å². The van der Waals surface area contributed by atoms with E-state index in [1.807, 2.05) is 0 Å². The first-order chi connectivity index (χ1) is 9.95. The molecule has 0 aromatic rings. The van der Waals surface area contributed by atoms with E-state index in [0.29, 0.717) is 6.54 Å². The molecule has 0 aliphatic carbocycles. The maximum Gasteiger partial charge on any atom is 0.472 e. The zero-order valence-corrected chi connectivity index (χ0v) is 17.7. The van der Waals surface area contributed by atoms with Gasteiger partial charge < -0.3 is 32.4 Å². The SMILES string of the molecule is [CH2-]NCCC(=O)NCCOP(=O)(O)OCC(COC)OC.[CH3-].[Y]. The molecule has 0 aliphatic heterocycles. The van der Waals surface area contributed by atoms with Gasteiger partial charge in [0.05, 0.1) is 19.8 Å². The number of rotatable bonds is 13. The van der Waals surface area contributed by atoms with Crippen molar-refractivity contribution < 1.29 is 65.5 Å². The molecule has 0 fully saturated rings. The number of hydrogen-bond donors (Lipinski definition) is 3. The zero-order chi connectivity index (χ0) is 16.1. The van der Waals surface area contributed by atoms with E-state index in [2.05, 4.69) is 17.7 Å². The number of phosphoric acid groups is 1. The number of amides is 1. The van der Waals surface area contributed by atoms with Crippen LogP contribution in [0.4, 0.5) is 0 Å². The first-order valence-electron chi connectivity index (χ1n) is 6.35. The van der Waals surface area contributed by atoms with Crippen LogP contribution in [0.3, 0.4) is 0 Å². The van der Waals surface area contributed by atoms with E-state index in [4.69, 9.17) is 18.5 Å². The van der Waals surface area contributed by atoms with Gasteiger partial charge in [0, 0.05) is 59.9 Å². The van der Waals surface area contributed by atoms with Gasteiger partial charge in [-0.1, -0.05) is 0 Å². The van der Waals surface area contributed by atoms with Crippen molar-refractivity contribution in [2.24, 2.45) is 0 Å². The van der Waals surface area contributed by atoms with Crippen molar-refractivity contribution >= 4 is 13.7 Å². The Balaban J connectivity index is -0.00000200. The van der Waals surface area contributed by atoms with Crippen LogP contribution in [-0.2, 0) is 60.6 Å². The quantitative estimate of drug-likeness (QED) is 0.214. The van der Waals surface area contributed by atoms with Gasteiger partial charge >= 0.3 is 7.82 Å². The van der Waals surface area contributed by atoms with Gasteiger partial charge in [0.1, 0.15) is 6.10 Å². The second-order valence-electron chi connectivity index (χ2n) is 4.01. The first kappa shape index (κ1) is 28.4. The summed E-state index contributed by atoms with van der Waals surface area (Å²) in [5.74, 6) is -0.206. The van der Waals surface area contributed by atoms with Crippen molar-refractivity contribution in [3.63, 3.8) is 0 Å². The molecule has 0 rings (SSSR count). The van der Waals surface area contributed by atoms with Crippen LogP contribution in [0.5, 0.6) is 0 Å². The Bertz CT molecular complexity index is 337.